The second-order valence-electron chi connectivity index (χ2n) is 5.44. The summed E-state index contributed by atoms with van der Waals surface area (Å²) >= 11 is 1.83. The van der Waals surface area contributed by atoms with E-state index in [-0.39, 0.29) is 5.78 Å². The number of aromatic amines is 1. The SMILES string of the molecule is CC(=O)c1ccc(C2=CCSc3[nH]c4ccccc4c32)cc1. The molecule has 0 saturated heterocycles. The number of hydrogen-bond donors (Lipinski definition) is 1. The monoisotopic (exact) mass is 305 g/mol. The van der Waals surface area contributed by atoms with Gasteiger partial charge in [-0.3, -0.25) is 4.79 Å². The van der Waals surface area contributed by atoms with E-state index in [9.17, 15) is 4.79 Å². The fourth-order valence-corrected chi connectivity index (χ4v) is 3.91. The van der Waals surface area contributed by atoms with E-state index in [0.29, 0.717) is 0 Å². The van der Waals surface area contributed by atoms with E-state index in [4.69, 9.17) is 0 Å². The summed E-state index contributed by atoms with van der Waals surface area (Å²) in [4.78, 5) is 15.0. The average molecular weight is 305 g/mol. The molecular formula is C19H15NOS. The number of para-hydroxylation sites is 1. The number of carbonyl (C=O) groups excluding carboxylic acids is 1. The molecule has 2 heterocycles. The quantitative estimate of drug-likeness (QED) is 0.682. The third kappa shape index (κ3) is 2.09. The molecule has 4 rings (SSSR count). The Hall–Kier alpha value is -2.26. The van der Waals surface area contributed by atoms with E-state index in [2.05, 4.69) is 35.3 Å². The Morgan fingerprint density at radius 2 is 1.86 bits per heavy atom. The molecule has 1 N–H and O–H groups in total. The van der Waals surface area contributed by atoms with Gasteiger partial charge in [-0.15, -0.1) is 11.8 Å². The molecule has 2 aromatic carbocycles. The van der Waals surface area contributed by atoms with Gasteiger partial charge in [-0.25, -0.2) is 0 Å². The Labute approximate surface area is 133 Å². The van der Waals surface area contributed by atoms with Crippen molar-refractivity contribution in [1.29, 1.82) is 0 Å². The molecule has 22 heavy (non-hydrogen) atoms. The van der Waals surface area contributed by atoms with Crippen molar-refractivity contribution in [2.45, 2.75) is 11.9 Å². The number of aromatic nitrogens is 1. The first kappa shape index (κ1) is 13.4. The van der Waals surface area contributed by atoms with Crippen LogP contribution in [0.4, 0.5) is 0 Å². The Balaban J connectivity index is 1.87. The van der Waals surface area contributed by atoms with Crippen molar-refractivity contribution >= 4 is 34.0 Å². The van der Waals surface area contributed by atoms with Crippen molar-refractivity contribution in [2.75, 3.05) is 5.75 Å². The number of Topliss-reactive ketones (excluding diaryl/α,β-unsaturated/α-hetero) is 1. The van der Waals surface area contributed by atoms with Crippen LogP contribution in [0, 0.1) is 0 Å². The molecule has 0 saturated carbocycles. The predicted octanol–water partition coefficient (Wildman–Crippen LogP) is 4.91. The molecule has 2 nitrogen and oxygen atoms in total. The Morgan fingerprint density at radius 1 is 1.09 bits per heavy atom. The molecule has 108 valence electrons. The number of fused-ring (bicyclic) bond motifs is 3. The Kier molecular flexibility index (Phi) is 3.16. The standard InChI is InChI=1S/C19H15NOS/c1-12(21)13-6-8-14(9-7-13)15-10-11-22-19-18(15)16-4-2-3-5-17(16)20-19/h2-10,20H,11H2,1H3. The minimum atomic E-state index is 0.104. The van der Waals surface area contributed by atoms with E-state index in [1.165, 1.54) is 27.1 Å². The van der Waals surface area contributed by atoms with Gasteiger partial charge in [0, 0.05) is 27.8 Å². The molecule has 0 atom stereocenters. The number of carbonyl (C=O) groups is 1. The molecule has 0 bridgehead atoms. The zero-order valence-corrected chi connectivity index (χ0v) is 13.0. The molecule has 0 unspecified atom stereocenters. The van der Waals surface area contributed by atoms with Gasteiger partial charge in [-0.2, -0.15) is 0 Å². The van der Waals surface area contributed by atoms with Gasteiger partial charge < -0.3 is 4.98 Å². The highest BCUT2D eigenvalue weighted by molar-refractivity contribution is 7.99. The maximum Gasteiger partial charge on any atom is 0.159 e. The molecule has 0 radical (unpaired) electrons. The zero-order valence-electron chi connectivity index (χ0n) is 12.2. The lowest BCUT2D eigenvalue weighted by Crippen LogP contribution is -1.97. The first-order chi connectivity index (χ1) is 10.7. The van der Waals surface area contributed by atoms with Crippen LogP contribution in [0.3, 0.4) is 0 Å². The van der Waals surface area contributed by atoms with Crippen LogP contribution in [0.25, 0.3) is 16.5 Å². The molecule has 0 amide bonds. The minimum absolute atomic E-state index is 0.104. The molecule has 0 aliphatic carbocycles. The largest absolute Gasteiger partial charge is 0.349 e. The lowest BCUT2D eigenvalue weighted by molar-refractivity contribution is 0.101. The highest BCUT2D eigenvalue weighted by atomic mass is 32.2. The van der Waals surface area contributed by atoms with Crippen molar-refractivity contribution in [1.82, 2.24) is 4.98 Å². The van der Waals surface area contributed by atoms with Gasteiger partial charge in [0.15, 0.2) is 5.78 Å². The molecule has 0 fully saturated rings. The van der Waals surface area contributed by atoms with Crippen LogP contribution in [-0.4, -0.2) is 16.5 Å². The predicted molar refractivity (Wildman–Crippen MR) is 92.5 cm³/mol. The number of hydrogen-bond acceptors (Lipinski definition) is 2. The van der Waals surface area contributed by atoms with Gasteiger partial charge in [0.2, 0.25) is 0 Å². The van der Waals surface area contributed by atoms with Crippen molar-refractivity contribution in [3.05, 3.63) is 71.3 Å². The lowest BCUT2D eigenvalue weighted by Gasteiger charge is -2.15. The lowest BCUT2D eigenvalue weighted by atomic mass is 9.96. The van der Waals surface area contributed by atoms with E-state index < -0.39 is 0 Å². The highest BCUT2D eigenvalue weighted by Gasteiger charge is 2.20. The van der Waals surface area contributed by atoms with Crippen LogP contribution in [0.1, 0.15) is 28.4 Å². The van der Waals surface area contributed by atoms with Gasteiger partial charge in [-0.1, -0.05) is 48.5 Å². The van der Waals surface area contributed by atoms with E-state index in [0.717, 1.165) is 16.9 Å². The average Bonchev–Trinajstić information content (AvgIpc) is 2.93. The summed E-state index contributed by atoms with van der Waals surface area (Å²) in [5.74, 6) is 1.07. The van der Waals surface area contributed by atoms with Crippen molar-refractivity contribution < 1.29 is 4.79 Å². The summed E-state index contributed by atoms with van der Waals surface area (Å²) in [6.07, 6.45) is 2.27. The smallest absolute Gasteiger partial charge is 0.159 e. The minimum Gasteiger partial charge on any atom is -0.349 e. The molecule has 1 aromatic heterocycles. The fraction of sp³-hybridized carbons (Fsp3) is 0.105. The van der Waals surface area contributed by atoms with Crippen LogP contribution in [0.15, 0.2) is 59.6 Å². The van der Waals surface area contributed by atoms with Crippen molar-refractivity contribution in [2.24, 2.45) is 0 Å². The fourth-order valence-electron chi connectivity index (χ4n) is 2.95. The molecule has 3 heteroatoms. The van der Waals surface area contributed by atoms with Crippen LogP contribution in [-0.2, 0) is 0 Å². The van der Waals surface area contributed by atoms with Gasteiger partial charge in [0.25, 0.3) is 0 Å². The molecule has 0 spiro atoms. The highest BCUT2D eigenvalue weighted by Crippen LogP contribution is 2.41. The van der Waals surface area contributed by atoms with Crippen molar-refractivity contribution in [3.8, 4) is 0 Å². The van der Waals surface area contributed by atoms with E-state index >= 15 is 0 Å². The number of H-pyrrole nitrogens is 1. The zero-order chi connectivity index (χ0) is 15.1. The first-order valence-corrected chi connectivity index (χ1v) is 8.28. The van der Waals surface area contributed by atoms with Gasteiger partial charge >= 0.3 is 0 Å². The molecule has 1 aliphatic rings. The Morgan fingerprint density at radius 3 is 2.64 bits per heavy atom. The number of benzene rings is 2. The van der Waals surface area contributed by atoms with E-state index in [1.54, 1.807) is 6.92 Å². The van der Waals surface area contributed by atoms with Gasteiger partial charge in [-0.05, 0) is 24.1 Å². The normalized spacial score (nSPS) is 13.8. The third-order valence-electron chi connectivity index (χ3n) is 4.06. The summed E-state index contributed by atoms with van der Waals surface area (Å²) < 4.78 is 0. The molecule has 1 aliphatic heterocycles. The number of rotatable bonds is 2. The summed E-state index contributed by atoms with van der Waals surface area (Å²) in [5.41, 5.74) is 5.63. The third-order valence-corrected chi connectivity index (χ3v) is 4.99. The topological polar surface area (TPSA) is 32.9 Å². The van der Waals surface area contributed by atoms with Crippen LogP contribution >= 0.6 is 11.8 Å². The first-order valence-electron chi connectivity index (χ1n) is 7.29. The van der Waals surface area contributed by atoms with Crippen LogP contribution in [0.2, 0.25) is 0 Å². The summed E-state index contributed by atoms with van der Waals surface area (Å²) in [6, 6.07) is 16.3. The van der Waals surface area contributed by atoms with Gasteiger partial charge in [0.1, 0.15) is 0 Å². The molecule has 3 aromatic rings. The van der Waals surface area contributed by atoms with Gasteiger partial charge in [0.05, 0.1) is 5.03 Å². The molecular weight excluding hydrogens is 290 g/mol. The second-order valence-corrected chi connectivity index (χ2v) is 6.47. The Bertz CT molecular complexity index is 903. The maximum atomic E-state index is 11.4. The summed E-state index contributed by atoms with van der Waals surface area (Å²) in [5, 5.41) is 2.49. The van der Waals surface area contributed by atoms with Crippen molar-refractivity contribution in [3.63, 3.8) is 0 Å². The number of ketones is 1. The number of nitrogens with one attached hydrogen (secondary N) is 1. The summed E-state index contributed by atoms with van der Waals surface area (Å²) in [7, 11) is 0. The second kappa shape index (κ2) is 5.18. The maximum absolute atomic E-state index is 11.4. The number of thioether (sulfide) groups is 1. The van der Waals surface area contributed by atoms with E-state index in [1.807, 2.05) is 36.0 Å². The van der Waals surface area contributed by atoms with Crippen LogP contribution < -0.4 is 0 Å². The summed E-state index contributed by atoms with van der Waals surface area (Å²) in [6.45, 7) is 1.60. The van der Waals surface area contributed by atoms with Crippen LogP contribution in [0.5, 0.6) is 0 Å².